The van der Waals surface area contributed by atoms with Crippen molar-refractivity contribution in [3.05, 3.63) is 28.7 Å². The summed E-state index contributed by atoms with van der Waals surface area (Å²) < 4.78 is 26.9. The molecule has 1 fully saturated rings. The van der Waals surface area contributed by atoms with Crippen molar-refractivity contribution >= 4 is 10.0 Å². The normalized spacial score (nSPS) is 19.4. The Morgan fingerprint density at radius 3 is 2.47 bits per heavy atom. The van der Waals surface area contributed by atoms with E-state index in [9.17, 15) is 13.2 Å². The van der Waals surface area contributed by atoms with E-state index >= 15 is 0 Å². The Bertz CT molecular complexity index is 536. The first kappa shape index (κ1) is 12.3. The third kappa shape index (κ3) is 2.76. The van der Waals surface area contributed by atoms with Gasteiger partial charge in [0.15, 0.2) is 0 Å². The van der Waals surface area contributed by atoms with Gasteiger partial charge in [-0.05, 0) is 25.8 Å². The highest BCUT2D eigenvalue weighted by atomic mass is 32.2. The summed E-state index contributed by atoms with van der Waals surface area (Å²) in [4.78, 5) is 13.4. The monoisotopic (exact) mass is 256 g/mol. The van der Waals surface area contributed by atoms with Crippen molar-refractivity contribution in [2.24, 2.45) is 0 Å². The van der Waals surface area contributed by atoms with Gasteiger partial charge in [0.05, 0.1) is 4.90 Å². The molecule has 0 atom stereocenters. The average molecular weight is 256 g/mol. The molecule has 0 spiro atoms. The molecule has 1 aliphatic rings. The number of pyridine rings is 1. The van der Waals surface area contributed by atoms with Gasteiger partial charge < -0.3 is 4.98 Å². The van der Waals surface area contributed by atoms with Crippen molar-refractivity contribution in [2.75, 3.05) is 0 Å². The van der Waals surface area contributed by atoms with Crippen molar-refractivity contribution in [1.29, 1.82) is 0 Å². The second-order valence-electron chi connectivity index (χ2n) is 4.76. The lowest BCUT2D eigenvalue weighted by Gasteiger charge is -2.24. The zero-order chi connectivity index (χ0) is 12.5. The van der Waals surface area contributed by atoms with E-state index in [1.54, 1.807) is 0 Å². The molecule has 0 bridgehead atoms. The molecule has 1 aliphatic carbocycles. The third-order valence-corrected chi connectivity index (χ3v) is 4.79. The van der Waals surface area contributed by atoms with E-state index in [0.717, 1.165) is 25.7 Å². The number of hydrogen-bond donors (Lipinski definition) is 2. The number of sulfonamides is 1. The van der Waals surface area contributed by atoms with Gasteiger partial charge in [0.2, 0.25) is 15.6 Å². The molecule has 94 valence electrons. The number of rotatable bonds is 3. The van der Waals surface area contributed by atoms with Crippen LogP contribution in [0.15, 0.2) is 28.0 Å². The zero-order valence-electron chi connectivity index (χ0n) is 9.69. The smallest absolute Gasteiger partial charge is 0.247 e. The van der Waals surface area contributed by atoms with Crippen molar-refractivity contribution in [2.45, 2.75) is 43.0 Å². The summed E-state index contributed by atoms with van der Waals surface area (Å²) in [5.41, 5.74) is -0.661. The SMILES string of the molecule is CC1(NS(=O)(=O)c2ccc(=O)[nH]c2)CCCC1. The molecule has 6 heteroatoms. The number of aromatic amines is 1. The molecule has 0 aliphatic heterocycles. The Morgan fingerprint density at radius 1 is 1.29 bits per heavy atom. The number of H-pyrrole nitrogens is 1. The summed E-state index contributed by atoms with van der Waals surface area (Å²) in [6, 6.07) is 2.53. The lowest BCUT2D eigenvalue weighted by atomic mass is 10.0. The van der Waals surface area contributed by atoms with E-state index in [0.29, 0.717) is 0 Å². The maximum Gasteiger partial charge on any atom is 0.247 e. The fourth-order valence-electron chi connectivity index (χ4n) is 2.20. The van der Waals surface area contributed by atoms with E-state index in [2.05, 4.69) is 9.71 Å². The highest BCUT2D eigenvalue weighted by Gasteiger charge is 2.33. The van der Waals surface area contributed by atoms with Gasteiger partial charge in [0, 0.05) is 17.8 Å². The van der Waals surface area contributed by atoms with Crippen LogP contribution in [0.1, 0.15) is 32.6 Å². The Hall–Kier alpha value is -1.14. The highest BCUT2D eigenvalue weighted by molar-refractivity contribution is 7.89. The van der Waals surface area contributed by atoms with Gasteiger partial charge in [0.25, 0.3) is 0 Å². The quantitative estimate of drug-likeness (QED) is 0.846. The fourth-order valence-corrected chi connectivity index (χ4v) is 3.64. The fraction of sp³-hybridized carbons (Fsp3) is 0.545. The van der Waals surface area contributed by atoms with Gasteiger partial charge in [-0.15, -0.1) is 0 Å². The van der Waals surface area contributed by atoms with E-state index in [4.69, 9.17) is 0 Å². The maximum absolute atomic E-state index is 12.1. The Balaban J connectivity index is 2.24. The molecular formula is C11H16N2O3S. The molecule has 5 nitrogen and oxygen atoms in total. The highest BCUT2D eigenvalue weighted by Crippen LogP contribution is 2.30. The van der Waals surface area contributed by atoms with Gasteiger partial charge in [-0.25, -0.2) is 13.1 Å². The Morgan fingerprint density at radius 2 is 1.94 bits per heavy atom. The van der Waals surface area contributed by atoms with Gasteiger partial charge in [0.1, 0.15) is 0 Å². The number of hydrogen-bond acceptors (Lipinski definition) is 3. The van der Waals surface area contributed by atoms with Crippen molar-refractivity contribution < 1.29 is 8.42 Å². The van der Waals surface area contributed by atoms with Gasteiger partial charge in [-0.1, -0.05) is 12.8 Å². The molecule has 17 heavy (non-hydrogen) atoms. The minimum absolute atomic E-state index is 0.102. The van der Waals surface area contributed by atoms with E-state index in [1.807, 2.05) is 6.92 Å². The molecule has 1 aromatic heterocycles. The summed E-state index contributed by atoms with van der Waals surface area (Å²) in [5, 5.41) is 0. The summed E-state index contributed by atoms with van der Waals surface area (Å²) in [5.74, 6) is 0. The first-order valence-electron chi connectivity index (χ1n) is 5.64. The van der Waals surface area contributed by atoms with Crippen LogP contribution in [-0.4, -0.2) is 18.9 Å². The van der Waals surface area contributed by atoms with Crippen LogP contribution in [-0.2, 0) is 10.0 Å². The van der Waals surface area contributed by atoms with Crippen LogP contribution in [0.5, 0.6) is 0 Å². The molecular weight excluding hydrogens is 240 g/mol. The van der Waals surface area contributed by atoms with E-state index in [-0.39, 0.29) is 16.0 Å². The number of nitrogens with one attached hydrogen (secondary N) is 2. The first-order valence-corrected chi connectivity index (χ1v) is 7.12. The predicted molar refractivity (Wildman–Crippen MR) is 64.3 cm³/mol. The average Bonchev–Trinajstić information content (AvgIpc) is 2.64. The number of aromatic nitrogens is 1. The Labute approximate surface area is 100 Å². The van der Waals surface area contributed by atoms with Crippen molar-refractivity contribution in [3.8, 4) is 0 Å². The molecule has 1 saturated carbocycles. The van der Waals surface area contributed by atoms with E-state index < -0.39 is 10.0 Å². The van der Waals surface area contributed by atoms with Crippen LogP contribution < -0.4 is 10.3 Å². The molecule has 0 aromatic carbocycles. The van der Waals surface area contributed by atoms with Crippen LogP contribution in [0, 0.1) is 0 Å². The van der Waals surface area contributed by atoms with Gasteiger partial charge in [-0.3, -0.25) is 4.79 Å². The van der Waals surface area contributed by atoms with Crippen LogP contribution in [0.2, 0.25) is 0 Å². The summed E-state index contributed by atoms with van der Waals surface area (Å²) >= 11 is 0. The Kier molecular flexibility index (Phi) is 3.09. The summed E-state index contributed by atoms with van der Waals surface area (Å²) in [7, 11) is -3.54. The summed E-state index contributed by atoms with van der Waals surface area (Å²) in [6.07, 6.45) is 5.03. The molecule has 1 aromatic rings. The largest absolute Gasteiger partial charge is 0.328 e. The molecule has 2 rings (SSSR count). The van der Waals surface area contributed by atoms with E-state index in [1.165, 1.54) is 18.3 Å². The van der Waals surface area contributed by atoms with Crippen LogP contribution in [0.3, 0.4) is 0 Å². The molecule has 0 unspecified atom stereocenters. The van der Waals surface area contributed by atoms with Crippen LogP contribution in [0.25, 0.3) is 0 Å². The first-order chi connectivity index (χ1) is 7.91. The van der Waals surface area contributed by atoms with Crippen LogP contribution >= 0.6 is 0 Å². The molecule has 0 amide bonds. The predicted octanol–water partition coefficient (Wildman–Crippen LogP) is 0.986. The van der Waals surface area contributed by atoms with Gasteiger partial charge in [-0.2, -0.15) is 0 Å². The molecule has 0 radical (unpaired) electrons. The molecule has 2 N–H and O–H groups in total. The topological polar surface area (TPSA) is 79.0 Å². The third-order valence-electron chi connectivity index (χ3n) is 3.15. The van der Waals surface area contributed by atoms with Crippen molar-refractivity contribution in [1.82, 2.24) is 9.71 Å². The van der Waals surface area contributed by atoms with Gasteiger partial charge >= 0.3 is 0 Å². The summed E-state index contributed by atoms with van der Waals surface area (Å²) in [6.45, 7) is 1.92. The molecule has 1 heterocycles. The van der Waals surface area contributed by atoms with Crippen molar-refractivity contribution in [3.63, 3.8) is 0 Å². The second kappa shape index (κ2) is 4.27. The molecule has 0 saturated heterocycles. The maximum atomic E-state index is 12.1. The zero-order valence-corrected chi connectivity index (χ0v) is 10.5. The standard InChI is InChI=1S/C11H16N2O3S/c1-11(6-2-3-7-11)13-17(15,16)9-4-5-10(14)12-8-9/h4-5,8,13H,2-3,6-7H2,1H3,(H,12,14). The minimum atomic E-state index is -3.54. The minimum Gasteiger partial charge on any atom is -0.328 e. The van der Waals surface area contributed by atoms with Crippen LogP contribution in [0.4, 0.5) is 0 Å². The second-order valence-corrected chi connectivity index (χ2v) is 6.44. The lowest BCUT2D eigenvalue weighted by Crippen LogP contribution is -2.43. The lowest BCUT2D eigenvalue weighted by molar-refractivity contribution is 0.427.